The summed E-state index contributed by atoms with van der Waals surface area (Å²) in [6, 6.07) is 0.324. The second kappa shape index (κ2) is 119. The van der Waals surface area contributed by atoms with E-state index in [1.165, 1.54) is 6.42 Å². The van der Waals surface area contributed by atoms with Crippen molar-refractivity contribution in [1.82, 2.24) is 0 Å². The number of hydrogen-bond acceptors (Lipinski definition) is 32. The van der Waals surface area contributed by atoms with Gasteiger partial charge in [0.25, 0.3) is 0 Å². The van der Waals surface area contributed by atoms with Gasteiger partial charge in [0.15, 0.2) is 0 Å². The lowest BCUT2D eigenvalue weighted by atomic mass is 9.95. The predicted molar refractivity (Wildman–Crippen MR) is 440 cm³/mol. The van der Waals surface area contributed by atoms with Gasteiger partial charge in [0, 0.05) is 93.9 Å². The van der Waals surface area contributed by atoms with Gasteiger partial charge in [-0.05, 0) is 206 Å². The molecule has 0 saturated heterocycles. The molecule has 0 aromatic rings. The molecule has 32 nitrogen and oxygen atoms in total. The van der Waals surface area contributed by atoms with Gasteiger partial charge >= 0.3 is 47.8 Å². The Balaban J connectivity index is -0.0000000959. The second-order valence-electron chi connectivity index (χ2n) is 23.1. The molecule has 3 unspecified atom stereocenters. The maximum atomic E-state index is 10.7. The molecule has 0 rings (SSSR count). The second-order valence-corrected chi connectivity index (χ2v) is 23.1. The molecular weight excluding hydrogens is 1410 g/mol. The number of carbonyl (C=O) groups is 8. The summed E-state index contributed by atoms with van der Waals surface area (Å²) in [6.07, 6.45) is 28.2. The molecule has 0 aliphatic heterocycles. The first-order valence-corrected chi connectivity index (χ1v) is 37.3. The Hall–Kier alpha value is -6.96. The maximum absolute atomic E-state index is 10.7. The number of carbonyl (C=O) groups excluding carboxylic acids is 8. The van der Waals surface area contributed by atoms with Crippen LogP contribution in [0.2, 0.25) is 0 Å². The van der Waals surface area contributed by atoms with Gasteiger partial charge in [0.05, 0.1) is 46.2 Å². The zero-order valence-electron chi connectivity index (χ0n) is 67.9. The van der Waals surface area contributed by atoms with Crippen LogP contribution in [0.1, 0.15) is 176 Å². The molecule has 32 heteroatoms. The van der Waals surface area contributed by atoms with E-state index in [1.807, 2.05) is 13.8 Å². The van der Waals surface area contributed by atoms with Crippen LogP contribution in [0.25, 0.3) is 0 Å². The average Bonchev–Trinajstić information content (AvgIpc) is 1.01. The third-order valence-electron chi connectivity index (χ3n) is 12.3. The Morgan fingerprint density at radius 1 is 0.321 bits per heavy atom. The molecule has 0 saturated carbocycles. The minimum absolute atomic E-state index is 0.139. The summed E-state index contributed by atoms with van der Waals surface area (Å²) < 4.78 is 37.7. The molecule has 0 heterocycles. The van der Waals surface area contributed by atoms with E-state index in [4.69, 9.17) is 118 Å². The van der Waals surface area contributed by atoms with Gasteiger partial charge in [0.1, 0.15) is 6.10 Å². The maximum Gasteiger partial charge on any atom is 0.330 e. The molecule has 646 valence electrons. The van der Waals surface area contributed by atoms with Crippen LogP contribution in [-0.2, 0) is 76.3 Å². The van der Waals surface area contributed by atoms with E-state index in [9.17, 15) is 38.4 Å². The number of hydrogen-bond donors (Lipinski definition) is 16. The predicted octanol–water partition coefficient (Wildman–Crippen LogP) is 4.17. The van der Waals surface area contributed by atoms with Crippen molar-refractivity contribution in [2.24, 2.45) is 80.1 Å². The zero-order chi connectivity index (χ0) is 86.3. The Morgan fingerprint density at radius 2 is 0.578 bits per heavy atom. The average molecular weight is 1570 g/mol. The number of ether oxygens (including phenoxy) is 8. The highest BCUT2D eigenvalue weighted by molar-refractivity contribution is 5.83. The summed E-state index contributed by atoms with van der Waals surface area (Å²) in [6.45, 7) is 47.1. The van der Waals surface area contributed by atoms with E-state index in [-0.39, 0.29) is 44.6 Å². The summed E-state index contributed by atoms with van der Waals surface area (Å²) in [7, 11) is 0. The number of unbranched alkanes of at least 4 members (excludes halogenated alkanes) is 9. The Kier molecular flexibility index (Phi) is 141. The fourth-order valence-electron chi connectivity index (χ4n) is 5.32. The highest BCUT2D eigenvalue weighted by Gasteiger charge is 2.11. The fourth-order valence-corrected chi connectivity index (χ4v) is 5.32. The normalized spacial score (nSPS) is 10.1. The van der Waals surface area contributed by atoms with Crippen LogP contribution in [0.4, 0.5) is 0 Å². The monoisotopic (exact) mass is 1570 g/mol. The van der Waals surface area contributed by atoms with Crippen molar-refractivity contribution in [3.63, 3.8) is 0 Å². The van der Waals surface area contributed by atoms with Crippen LogP contribution in [0.3, 0.4) is 0 Å². The lowest BCUT2D eigenvalue weighted by Crippen LogP contribution is -2.31. The van der Waals surface area contributed by atoms with Crippen molar-refractivity contribution in [2.45, 2.75) is 188 Å². The Morgan fingerprint density at radius 3 is 0.798 bits per heavy atom. The van der Waals surface area contributed by atoms with E-state index >= 15 is 0 Å². The molecule has 28 N–H and O–H groups in total. The van der Waals surface area contributed by atoms with E-state index in [0.29, 0.717) is 103 Å². The van der Waals surface area contributed by atoms with E-state index < -0.39 is 47.8 Å². The van der Waals surface area contributed by atoms with Gasteiger partial charge in [-0.1, -0.05) is 93.2 Å². The topological polar surface area (TPSA) is 604 Å². The minimum Gasteiger partial charge on any atom is -0.463 e. The van der Waals surface area contributed by atoms with Crippen molar-refractivity contribution in [3.8, 4) is 0 Å². The SMILES string of the molecule is C=CC(=O)OCCC(C)OC(=O)C=C.C=CC(=O)OCCCCCOC(=O)C=C.C=CC(=O)OCCCCOC(=O)C=C.C=CC(=O)OCCCOC(=O)C=C.CC(C)(CN)CN.CC(CN)CCCN.CCC(N)CCN.NCCCCCCO.NCCCCCO.NCCCCO.NCCCN.NCCCO. The van der Waals surface area contributed by atoms with Crippen LogP contribution >= 0.6 is 0 Å². The van der Waals surface area contributed by atoms with Crippen LogP contribution in [0.5, 0.6) is 0 Å². The van der Waals surface area contributed by atoms with Gasteiger partial charge in [-0.15, -0.1) is 0 Å². The smallest absolute Gasteiger partial charge is 0.330 e. The van der Waals surface area contributed by atoms with Gasteiger partial charge in [-0.3, -0.25) is 0 Å². The highest BCUT2D eigenvalue weighted by Crippen LogP contribution is 2.08. The van der Waals surface area contributed by atoms with E-state index in [0.717, 1.165) is 204 Å². The van der Waals surface area contributed by atoms with E-state index in [2.05, 4.69) is 76.0 Å². The summed E-state index contributed by atoms with van der Waals surface area (Å²) in [5.74, 6) is -2.95. The molecule has 0 fully saturated rings. The van der Waals surface area contributed by atoms with E-state index in [1.54, 1.807) is 6.92 Å². The van der Waals surface area contributed by atoms with Gasteiger partial charge in [-0.25, -0.2) is 38.4 Å². The summed E-state index contributed by atoms with van der Waals surface area (Å²) >= 11 is 0. The number of aliphatic hydroxyl groups is 4. The van der Waals surface area contributed by atoms with Crippen LogP contribution < -0.4 is 68.8 Å². The van der Waals surface area contributed by atoms with Crippen LogP contribution in [0.15, 0.2) is 101 Å². The molecule has 0 aliphatic rings. The van der Waals surface area contributed by atoms with Crippen molar-refractivity contribution in [2.75, 3.05) is 145 Å². The minimum atomic E-state index is -0.479. The standard InChI is InChI=1S/C11H16O4.2C10H14O4.C9H12O4.C6H16N2.C6H15NO.2C5H14N2.C5H13NO.C4H11NO.C3H10N2.C3H9NO/c1-3-10(12)14-8-6-5-7-9-15-11(13)4-2;1-4-9(11)13-7-6-8(3)14-10(12)5-2;1-3-9(11)13-7-5-6-8-14-10(12)4-2;1-3-8(10)12-6-5-7-13-9(11)4-2;1-6(5-8)3-2-4-7;7-5-3-1-2-4-6-8;1-5(2,3-6)4-7;1-2-5(7)3-4-6;6-4-2-1-3-5-7;5-3-1-2-4-6;2*4-2-1-3-5/h3-4H,1-2,5-9H2;4-5,8H,1-2,6-7H2,3H3;3-4H,1-2,5-8H2;3-4H,1-2,5-7H2;6H,2-5,7-8H2,1H3;8H,1-7H2;3-4,6-7H2,1-2H3;5H,2-4,6-7H2,1H3;7H,1-6H2;6H,1-5H2;1-5H2;5H,1-4H2. The third kappa shape index (κ3) is 159. The summed E-state index contributed by atoms with van der Waals surface area (Å²) in [5.41, 5.74) is 62.8. The fraction of sp³-hybridized carbons (Fsp3) is 0.688. The summed E-state index contributed by atoms with van der Waals surface area (Å²) in [5, 5.41) is 32.7. The lowest BCUT2D eigenvalue weighted by Gasteiger charge is -2.18. The summed E-state index contributed by atoms with van der Waals surface area (Å²) in [4.78, 5) is 84.7. The molecular formula is C77H158N12O20. The van der Waals surface area contributed by atoms with Crippen molar-refractivity contribution in [1.29, 1.82) is 0 Å². The van der Waals surface area contributed by atoms with Crippen LogP contribution in [0, 0.1) is 11.3 Å². The van der Waals surface area contributed by atoms with Crippen molar-refractivity contribution in [3.05, 3.63) is 101 Å². The molecule has 3 atom stereocenters. The Bertz CT molecular complexity index is 1950. The molecule has 0 amide bonds. The number of rotatable bonds is 52. The highest BCUT2D eigenvalue weighted by atomic mass is 16.6. The third-order valence-corrected chi connectivity index (χ3v) is 12.3. The molecule has 0 radical (unpaired) electrons. The first-order chi connectivity index (χ1) is 52.0. The molecule has 0 spiro atoms. The molecule has 0 aliphatic carbocycles. The molecule has 109 heavy (non-hydrogen) atoms. The van der Waals surface area contributed by atoms with Gasteiger partial charge < -0.3 is 127 Å². The Labute approximate surface area is 655 Å². The first kappa shape index (κ1) is 128. The van der Waals surface area contributed by atoms with Crippen LogP contribution in [-0.4, -0.2) is 225 Å². The number of aliphatic hydroxyl groups excluding tert-OH is 4. The number of esters is 8. The van der Waals surface area contributed by atoms with Gasteiger partial charge in [0.2, 0.25) is 0 Å². The molecule has 0 bridgehead atoms. The number of nitrogens with two attached hydrogens (primary N) is 12. The zero-order valence-corrected chi connectivity index (χ0v) is 67.9. The molecule has 0 aromatic heterocycles. The van der Waals surface area contributed by atoms with Crippen molar-refractivity contribution >= 4 is 47.8 Å². The largest absolute Gasteiger partial charge is 0.463 e. The van der Waals surface area contributed by atoms with Crippen molar-refractivity contribution < 1.29 is 96.7 Å². The lowest BCUT2D eigenvalue weighted by molar-refractivity contribution is -0.145. The quantitative estimate of drug-likeness (QED) is 0.0176. The molecule has 0 aromatic carbocycles. The first-order valence-electron chi connectivity index (χ1n) is 37.3. The van der Waals surface area contributed by atoms with Gasteiger partial charge in [-0.2, -0.15) is 0 Å².